The van der Waals surface area contributed by atoms with Gasteiger partial charge in [-0.1, -0.05) is 0 Å². The second-order valence-corrected chi connectivity index (χ2v) is 7.77. The standard InChI is InChI=1S/C11H12N2O4S3/c1-7-4-9(19-10(7)11(14)15)20(16,17)13-3-2-8-5-18-6-12-8/h4-6,13H,2-3H2,1H3,(H,14,15). The fourth-order valence-corrected chi connectivity index (χ4v) is 4.59. The van der Waals surface area contributed by atoms with E-state index >= 15 is 0 Å². The molecule has 0 saturated heterocycles. The van der Waals surface area contributed by atoms with E-state index in [-0.39, 0.29) is 15.6 Å². The lowest BCUT2D eigenvalue weighted by Crippen LogP contribution is -2.25. The number of carboxylic acid groups (broad SMARTS) is 1. The van der Waals surface area contributed by atoms with Crippen molar-refractivity contribution in [3.05, 3.63) is 33.1 Å². The van der Waals surface area contributed by atoms with Gasteiger partial charge in [0.25, 0.3) is 0 Å². The highest BCUT2D eigenvalue weighted by Gasteiger charge is 2.21. The Kier molecular flexibility index (Phi) is 4.53. The highest BCUT2D eigenvalue weighted by atomic mass is 32.2. The van der Waals surface area contributed by atoms with E-state index in [0.29, 0.717) is 12.0 Å². The molecule has 0 spiro atoms. The number of nitrogens with one attached hydrogen (secondary N) is 1. The van der Waals surface area contributed by atoms with Gasteiger partial charge in [0, 0.05) is 18.3 Å². The van der Waals surface area contributed by atoms with Gasteiger partial charge in [0.1, 0.15) is 9.09 Å². The van der Waals surface area contributed by atoms with E-state index in [1.165, 1.54) is 17.4 Å². The second-order valence-electron chi connectivity index (χ2n) is 4.01. The summed E-state index contributed by atoms with van der Waals surface area (Å²) >= 11 is 2.21. The molecule has 0 saturated carbocycles. The van der Waals surface area contributed by atoms with Gasteiger partial charge in [-0.25, -0.2) is 22.9 Å². The van der Waals surface area contributed by atoms with Crippen LogP contribution in [0.5, 0.6) is 0 Å². The topological polar surface area (TPSA) is 96.4 Å². The summed E-state index contributed by atoms with van der Waals surface area (Å²) in [6.07, 6.45) is 0.499. The Hall–Kier alpha value is -1.29. The van der Waals surface area contributed by atoms with E-state index in [1.807, 2.05) is 5.38 Å². The summed E-state index contributed by atoms with van der Waals surface area (Å²) < 4.78 is 26.5. The molecule has 9 heteroatoms. The van der Waals surface area contributed by atoms with Crippen molar-refractivity contribution >= 4 is 38.7 Å². The van der Waals surface area contributed by atoms with Gasteiger partial charge >= 0.3 is 5.97 Å². The van der Waals surface area contributed by atoms with Crippen molar-refractivity contribution in [2.24, 2.45) is 0 Å². The molecule has 0 aromatic carbocycles. The number of hydrogen-bond donors (Lipinski definition) is 2. The summed E-state index contributed by atoms with van der Waals surface area (Å²) in [5.41, 5.74) is 2.96. The fraction of sp³-hybridized carbons (Fsp3) is 0.273. The lowest BCUT2D eigenvalue weighted by molar-refractivity contribution is 0.0701. The Balaban J connectivity index is 2.06. The molecular formula is C11H12N2O4S3. The third kappa shape index (κ3) is 3.42. The molecule has 2 rings (SSSR count). The highest BCUT2D eigenvalue weighted by molar-refractivity contribution is 7.91. The van der Waals surface area contributed by atoms with Gasteiger partial charge in [0.2, 0.25) is 10.0 Å². The molecule has 2 aromatic rings. The van der Waals surface area contributed by atoms with Crippen LogP contribution in [0.15, 0.2) is 21.2 Å². The second kappa shape index (κ2) is 6.00. The van der Waals surface area contributed by atoms with Crippen molar-refractivity contribution in [1.29, 1.82) is 0 Å². The van der Waals surface area contributed by atoms with Crippen LogP contribution in [0, 0.1) is 6.92 Å². The maximum Gasteiger partial charge on any atom is 0.346 e. The average Bonchev–Trinajstić information content (AvgIpc) is 2.98. The Bertz CT molecular complexity index is 704. The molecule has 0 amide bonds. The minimum atomic E-state index is -3.67. The van der Waals surface area contributed by atoms with Gasteiger partial charge in [-0.05, 0) is 18.6 Å². The summed E-state index contributed by atoms with van der Waals surface area (Å²) in [4.78, 5) is 15.0. The molecule has 0 radical (unpaired) electrons. The molecule has 2 aromatic heterocycles. The number of carboxylic acids is 1. The van der Waals surface area contributed by atoms with Gasteiger partial charge in [0.05, 0.1) is 11.2 Å². The number of aromatic carboxylic acids is 1. The van der Waals surface area contributed by atoms with E-state index in [9.17, 15) is 13.2 Å². The van der Waals surface area contributed by atoms with Crippen LogP contribution in [0.25, 0.3) is 0 Å². The summed E-state index contributed by atoms with van der Waals surface area (Å²) in [7, 11) is -3.67. The third-order valence-corrected chi connectivity index (χ3v) is 6.31. The first-order valence-electron chi connectivity index (χ1n) is 5.60. The SMILES string of the molecule is Cc1cc(S(=O)(=O)NCCc2cscn2)sc1C(=O)O. The molecule has 0 unspecified atom stereocenters. The first-order valence-corrected chi connectivity index (χ1v) is 8.85. The summed E-state index contributed by atoms with van der Waals surface area (Å²) in [5, 5.41) is 10.8. The zero-order valence-corrected chi connectivity index (χ0v) is 12.9. The molecule has 0 atom stereocenters. The van der Waals surface area contributed by atoms with E-state index in [2.05, 4.69) is 9.71 Å². The minimum absolute atomic E-state index is 0.0191. The van der Waals surface area contributed by atoms with Gasteiger partial charge < -0.3 is 5.11 Å². The van der Waals surface area contributed by atoms with Crippen molar-refractivity contribution in [2.75, 3.05) is 6.54 Å². The Morgan fingerprint density at radius 1 is 1.50 bits per heavy atom. The normalized spacial score (nSPS) is 11.7. The van der Waals surface area contributed by atoms with Crippen molar-refractivity contribution < 1.29 is 18.3 Å². The Labute approximate surface area is 124 Å². The van der Waals surface area contributed by atoms with E-state index in [4.69, 9.17) is 5.11 Å². The smallest absolute Gasteiger partial charge is 0.346 e. The number of carbonyl (C=O) groups is 1. The number of aryl methyl sites for hydroxylation is 1. The van der Waals surface area contributed by atoms with Crippen LogP contribution in [0.2, 0.25) is 0 Å². The molecule has 2 heterocycles. The molecule has 2 N–H and O–H groups in total. The van der Waals surface area contributed by atoms with Crippen LogP contribution in [0.3, 0.4) is 0 Å². The van der Waals surface area contributed by atoms with Crippen LogP contribution in [-0.4, -0.2) is 31.0 Å². The van der Waals surface area contributed by atoms with Crippen LogP contribution < -0.4 is 4.72 Å². The quantitative estimate of drug-likeness (QED) is 0.840. The minimum Gasteiger partial charge on any atom is -0.477 e. The molecule has 0 aliphatic carbocycles. The van der Waals surface area contributed by atoms with Gasteiger partial charge in [-0.3, -0.25) is 0 Å². The first kappa shape index (κ1) is 15.1. The van der Waals surface area contributed by atoms with Gasteiger partial charge in [0.15, 0.2) is 0 Å². The molecule has 108 valence electrons. The molecule has 0 aliphatic rings. The zero-order valence-electron chi connectivity index (χ0n) is 10.5. The largest absolute Gasteiger partial charge is 0.477 e. The van der Waals surface area contributed by atoms with E-state index < -0.39 is 16.0 Å². The Morgan fingerprint density at radius 3 is 2.80 bits per heavy atom. The first-order chi connectivity index (χ1) is 9.40. The summed E-state index contributed by atoms with van der Waals surface area (Å²) in [6, 6.07) is 1.37. The number of sulfonamides is 1. The maximum absolute atomic E-state index is 12.0. The van der Waals surface area contributed by atoms with Crippen LogP contribution in [0.1, 0.15) is 20.9 Å². The van der Waals surface area contributed by atoms with E-state index in [1.54, 1.807) is 12.4 Å². The monoisotopic (exact) mass is 332 g/mol. The van der Waals surface area contributed by atoms with Crippen LogP contribution in [-0.2, 0) is 16.4 Å². The lowest BCUT2D eigenvalue weighted by atomic mass is 10.3. The highest BCUT2D eigenvalue weighted by Crippen LogP contribution is 2.25. The molecule has 0 aliphatic heterocycles. The van der Waals surface area contributed by atoms with E-state index in [0.717, 1.165) is 17.0 Å². The number of hydrogen-bond acceptors (Lipinski definition) is 6. The third-order valence-electron chi connectivity index (χ3n) is 2.51. The van der Waals surface area contributed by atoms with Crippen LogP contribution >= 0.6 is 22.7 Å². The number of thiazole rings is 1. The van der Waals surface area contributed by atoms with Crippen molar-refractivity contribution in [3.8, 4) is 0 Å². The summed E-state index contributed by atoms with van der Waals surface area (Å²) in [6.45, 7) is 1.81. The molecule has 20 heavy (non-hydrogen) atoms. The number of nitrogens with zero attached hydrogens (tertiary/aromatic N) is 1. The molecular weight excluding hydrogens is 320 g/mol. The van der Waals surface area contributed by atoms with Crippen molar-refractivity contribution in [2.45, 2.75) is 17.6 Å². The van der Waals surface area contributed by atoms with Crippen LogP contribution in [0.4, 0.5) is 0 Å². The van der Waals surface area contributed by atoms with Gasteiger partial charge in [-0.15, -0.1) is 22.7 Å². The molecule has 0 fully saturated rings. The molecule has 0 bridgehead atoms. The number of rotatable bonds is 6. The molecule has 6 nitrogen and oxygen atoms in total. The number of aromatic nitrogens is 1. The fourth-order valence-electron chi connectivity index (χ4n) is 1.54. The lowest BCUT2D eigenvalue weighted by Gasteiger charge is -2.02. The number of thiophene rings is 1. The predicted molar refractivity (Wildman–Crippen MR) is 77.0 cm³/mol. The predicted octanol–water partition coefficient (Wildman–Crippen LogP) is 1.73. The average molecular weight is 332 g/mol. The Morgan fingerprint density at radius 2 is 2.25 bits per heavy atom. The van der Waals surface area contributed by atoms with Crippen molar-refractivity contribution in [3.63, 3.8) is 0 Å². The van der Waals surface area contributed by atoms with Crippen molar-refractivity contribution in [1.82, 2.24) is 9.71 Å². The summed E-state index contributed by atoms with van der Waals surface area (Å²) in [5.74, 6) is -1.11. The maximum atomic E-state index is 12.0. The zero-order chi connectivity index (χ0) is 14.8. The van der Waals surface area contributed by atoms with Gasteiger partial charge in [-0.2, -0.15) is 0 Å².